The summed E-state index contributed by atoms with van der Waals surface area (Å²) in [6.07, 6.45) is -3.69. The van der Waals surface area contributed by atoms with Crippen molar-refractivity contribution in [2.45, 2.75) is 19.5 Å². The molecule has 0 heterocycles. The first-order valence-electron chi connectivity index (χ1n) is 7.12. The van der Waals surface area contributed by atoms with E-state index in [-0.39, 0.29) is 5.56 Å². The predicted octanol–water partition coefficient (Wildman–Crippen LogP) is 4.75. The molecule has 2 aromatic rings. The summed E-state index contributed by atoms with van der Waals surface area (Å²) in [5, 5.41) is 2.58. The molecular weight excluding hydrogens is 307 g/mol. The van der Waals surface area contributed by atoms with Gasteiger partial charge in [0.1, 0.15) is 5.75 Å². The van der Waals surface area contributed by atoms with Crippen LogP contribution in [0.4, 0.5) is 18.9 Å². The van der Waals surface area contributed by atoms with Crippen molar-refractivity contribution >= 4 is 11.6 Å². The normalized spacial score (nSPS) is 11.1. The van der Waals surface area contributed by atoms with E-state index in [4.69, 9.17) is 4.74 Å². The molecule has 122 valence electrons. The summed E-state index contributed by atoms with van der Waals surface area (Å²) in [4.78, 5) is 12.2. The fraction of sp³-hybridized carbons (Fsp3) is 0.235. The second-order valence-electron chi connectivity index (χ2n) is 4.88. The van der Waals surface area contributed by atoms with Gasteiger partial charge in [-0.25, -0.2) is 0 Å². The molecule has 1 N–H and O–H groups in total. The Bertz CT molecular complexity index is 684. The average molecular weight is 323 g/mol. The fourth-order valence-electron chi connectivity index (χ4n) is 1.94. The third-order valence-electron chi connectivity index (χ3n) is 3.05. The van der Waals surface area contributed by atoms with Gasteiger partial charge in [0, 0.05) is 5.56 Å². The van der Waals surface area contributed by atoms with Gasteiger partial charge in [-0.1, -0.05) is 25.1 Å². The molecule has 1 amide bonds. The summed E-state index contributed by atoms with van der Waals surface area (Å²) in [5.74, 6) is -0.140. The van der Waals surface area contributed by atoms with E-state index in [1.165, 1.54) is 12.1 Å². The predicted molar refractivity (Wildman–Crippen MR) is 81.6 cm³/mol. The van der Waals surface area contributed by atoms with E-state index in [9.17, 15) is 18.0 Å². The fourth-order valence-corrected chi connectivity index (χ4v) is 1.94. The molecule has 2 rings (SSSR count). The molecule has 0 aliphatic rings. The number of carbonyl (C=O) groups is 1. The first kappa shape index (κ1) is 16.9. The summed E-state index contributed by atoms with van der Waals surface area (Å²) in [6.45, 7) is 2.43. The van der Waals surface area contributed by atoms with Crippen molar-refractivity contribution in [2.24, 2.45) is 0 Å². The molecule has 0 aliphatic carbocycles. The van der Waals surface area contributed by atoms with Gasteiger partial charge in [-0.2, -0.15) is 13.2 Å². The van der Waals surface area contributed by atoms with Crippen LogP contribution in [0.15, 0.2) is 48.5 Å². The summed E-state index contributed by atoms with van der Waals surface area (Å²) in [7, 11) is 0. The molecule has 0 radical (unpaired) electrons. The van der Waals surface area contributed by atoms with Gasteiger partial charge in [-0.05, 0) is 36.8 Å². The Hall–Kier alpha value is -2.50. The maximum Gasteiger partial charge on any atom is 0.416 e. The van der Waals surface area contributed by atoms with Gasteiger partial charge < -0.3 is 10.1 Å². The van der Waals surface area contributed by atoms with Crippen LogP contribution in [0.1, 0.15) is 29.3 Å². The zero-order chi connectivity index (χ0) is 16.9. The molecule has 0 aromatic heterocycles. The number of anilines is 1. The van der Waals surface area contributed by atoms with E-state index >= 15 is 0 Å². The lowest BCUT2D eigenvalue weighted by Gasteiger charge is -2.13. The first-order valence-corrected chi connectivity index (χ1v) is 7.12. The number of alkyl halides is 3. The number of para-hydroxylation sites is 2. The molecular formula is C17H16F3NO2. The SMILES string of the molecule is CCCOc1ccccc1NC(=O)c1cccc(C(F)(F)F)c1. The molecule has 23 heavy (non-hydrogen) atoms. The molecule has 0 saturated heterocycles. The van der Waals surface area contributed by atoms with Crippen LogP contribution < -0.4 is 10.1 Å². The van der Waals surface area contributed by atoms with Crippen molar-refractivity contribution in [2.75, 3.05) is 11.9 Å². The van der Waals surface area contributed by atoms with Gasteiger partial charge in [0.05, 0.1) is 17.9 Å². The number of halogens is 3. The summed E-state index contributed by atoms with van der Waals surface area (Å²) in [6, 6.07) is 11.1. The standard InChI is InChI=1S/C17H16F3NO2/c1-2-10-23-15-9-4-3-8-14(15)21-16(22)12-6-5-7-13(11-12)17(18,19)20/h3-9,11H,2,10H2,1H3,(H,21,22). The number of hydrogen-bond acceptors (Lipinski definition) is 2. The van der Waals surface area contributed by atoms with E-state index in [1.54, 1.807) is 24.3 Å². The number of benzene rings is 2. The highest BCUT2D eigenvalue weighted by molar-refractivity contribution is 6.05. The van der Waals surface area contributed by atoms with Crippen molar-refractivity contribution in [1.82, 2.24) is 0 Å². The van der Waals surface area contributed by atoms with Gasteiger partial charge in [-0.15, -0.1) is 0 Å². The van der Waals surface area contributed by atoms with Gasteiger partial charge in [-0.3, -0.25) is 4.79 Å². The molecule has 3 nitrogen and oxygen atoms in total. The molecule has 0 bridgehead atoms. The van der Waals surface area contributed by atoms with Crippen LogP contribution in [0.5, 0.6) is 5.75 Å². The minimum Gasteiger partial charge on any atom is -0.491 e. The lowest BCUT2D eigenvalue weighted by Crippen LogP contribution is -2.14. The topological polar surface area (TPSA) is 38.3 Å². The van der Waals surface area contributed by atoms with Gasteiger partial charge in [0.15, 0.2) is 0 Å². The Morgan fingerprint density at radius 2 is 1.87 bits per heavy atom. The zero-order valence-corrected chi connectivity index (χ0v) is 12.5. The quantitative estimate of drug-likeness (QED) is 0.862. The third-order valence-corrected chi connectivity index (χ3v) is 3.05. The lowest BCUT2D eigenvalue weighted by molar-refractivity contribution is -0.137. The summed E-state index contributed by atoms with van der Waals surface area (Å²) >= 11 is 0. The van der Waals surface area contributed by atoms with Crippen LogP contribution in [0.2, 0.25) is 0 Å². The third kappa shape index (κ3) is 4.48. The van der Waals surface area contributed by atoms with Crippen LogP contribution in [-0.2, 0) is 6.18 Å². The number of ether oxygens (including phenoxy) is 1. The first-order chi connectivity index (χ1) is 10.9. The molecule has 0 fully saturated rings. The van der Waals surface area contributed by atoms with E-state index in [1.807, 2.05) is 6.92 Å². The van der Waals surface area contributed by atoms with Crippen molar-refractivity contribution < 1.29 is 22.7 Å². The average Bonchev–Trinajstić information content (AvgIpc) is 2.53. The van der Waals surface area contributed by atoms with Crippen molar-refractivity contribution in [3.8, 4) is 5.75 Å². The molecule has 0 unspecified atom stereocenters. The monoisotopic (exact) mass is 323 g/mol. The maximum atomic E-state index is 12.7. The Balaban J connectivity index is 2.20. The van der Waals surface area contributed by atoms with Crippen molar-refractivity contribution in [3.63, 3.8) is 0 Å². The smallest absolute Gasteiger partial charge is 0.416 e. The maximum absolute atomic E-state index is 12.7. The highest BCUT2D eigenvalue weighted by atomic mass is 19.4. The van der Waals surface area contributed by atoms with Crippen LogP contribution in [0.25, 0.3) is 0 Å². The molecule has 6 heteroatoms. The molecule has 2 aromatic carbocycles. The number of rotatable bonds is 5. The minimum absolute atomic E-state index is 0.0647. The number of nitrogens with one attached hydrogen (secondary N) is 1. The highest BCUT2D eigenvalue weighted by Gasteiger charge is 2.30. The van der Waals surface area contributed by atoms with E-state index in [0.29, 0.717) is 18.0 Å². The highest BCUT2D eigenvalue weighted by Crippen LogP contribution is 2.30. The van der Waals surface area contributed by atoms with Gasteiger partial charge in [0.25, 0.3) is 5.91 Å². The van der Waals surface area contributed by atoms with E-state index in [0.717, 1.165) is 18.6 Å². The molecule has 0 spiro atoms. The van der Waals surface area contributed by atoms with E-state index in [2.05, 4.69) is 5.32 Å². The second kappa shape index (κ2) is 7.17. The Kier molecular flexibility index (Phi) is 5.26. The zero-order valence-electron chi connectivity index (χ0n) is 12.5. The van der Waals surface area contributed by atoms with Crippen LogP contribution in [0, 0.1) is 0 Å². The van der Waals surface area contributed by atoms with Gasteiger partial charge in [0.2, 0.25) is 0 Å². The lowest BCUT2D eigenvalue weighted by atomic mass is 10.1. The van der Waals surface area contributed by atoms with Gasteiger partial charge >= 0.3 is 6.18 Å². The minimum atomic E-state index is -4.49. The number of carbonyl (C=O) groups excluding carboxylic acids is 1. The summed E-state index contributed by atoms with van der Waals surface area (Å²) < 4.78 is 43.6. The second-order valence-corrected chi connectivity index (χ2v) is 4.88. The Morgan fingerprint density at radius 1 is 1.13 bits per heavy atom. The van der Waals surface area contributed by atoms with Crippen molar-refractivity contribution in [1.29, 1.82) is 0 Å². The molecule has 0 atom stereocenters. The summed E-state index contributed by atoms with van der Waals surface area (Å²) in [5.41, 5.74) is -0.505. The van der Waals surface area contributed by atoms with Crippen LogP contribution in [0.3, 0.4) is 0 Å². The largest absolute Gasteiger partial charge is 0.491 e. The Labute approximate surface area is 132 Å². The van der Waals surface area contributed by atoms with E-state index < -0.39 is 17.6 Å². The van der Waals surface area contributed by atoms with Crippen LogP contribution >= 0.6 is 0 Å². The van der Waals surface area contributed by atoms with Crippen LogP contribution in [-0.4, -0.2) is 12.5 Å². The number of hydrogen-bond donors (Lipinski definition) is 1. The number of amides is 1. The molecule has 0 aliphatic heterocycles. The van der Waals surface area contributed by atoms with Crippen molar-refractivity contribution in [3.05, 3.63) is 59.7 Å². The molecule has 0 saturated carbocycles. The Morgan fingerprint density at radius 3 is 2.57 bits per heavy atom.